The molecule has 54 valence electrons. The predicted octanol–water partition coefficient (Wildman–Crippen LogP) is -2.95. The van der Waals surface area contributed by atoms with Crippen molar-refractivity contribution in [2.24, 2.45) is 0 Å². The van der Waals surface area contributed by atoms with Crippen LogP contribution >= 0.6 is 0 Å². The quantitative estimate of drug-likeness (QED) is 0.314. The Kier molecular flexibility index (Phi) is 6.29. The van der Waals surface area contributed by atoms with Crippen LogP contribution in [0.5, 0.6) is 0 Å². The summed E-state index contributed by atoms with van der Waals surface area (Å²) >= 11 is -1.93. The first kappa shape index (κ1) is 11.1. The average Bonchev–Trinajstić information content (AvgIpc) is 1.90. The maximum absolute atomic E-state index is 10.3. The Morgan fingerprint density at radius 3 is 2.60 bits per heavy atom. The topological polar surface area (TPSA) is 49.4 Å². The second-order valence-corrected chi connectivity index (χ2v) is 3.29. The van der Waals surface area contributed by atoms with Crippen molar-refractivity contribution in [2.45, 2.75) is 18.1 Å². The molecule has 2 unspecified atom stereocenters. The summed E-state index contributed by atoms with van der Waals surface area (Å²) in [6.45, 7) is 1.10. The van der Waals surface area contributed by atoms with Gasteiger partial charge in [0.05, 0.1) is 6.61 Å². The maximum atomic E-state index is 10.3. The maximum Gasteiger partial charge on any atom is 1.00 e. The van der Waals surface area contributed by atoms with Crippen LogP contribution in [0.1, 0.15) is 12.8 Å². The van der Waals surface area contributed by atoms with Crippen molar-refractivity contribution < 1.29 is 43.1 Å². The molecular formula is C5H9NaO3S. The van der Waals surface area contributed by atoms with E-state index in [1.54, 1.807) is 0 Å². The van der Waals surface area contributed by atoms with Gasteiger partial charge in [0.2, 0.25) is 0 Å². The van der Waals surface area contributed by atoms with Gasteiger partial charge in [-0.15, -0.1) is 0 Å². The first-order valence-corrected chi connectivity index (χ1v) is 4.10. The molecule has 0 aromatic rings. The molecule has 0 aliphatic carbocycles. The summed E-state index contributed by atoms with van der Waals surface area (Å²) in [7, 11) is 0. The third-order valence-electron chi connectivity index (χ3n) is 1.39. The van der Waals surface area contributed by atoms with E-state index in [4.69, 9.17) is 4.74 Å². The fraction of sp³-hybridized carbons (Fsp3) is 1.00. The first-order chi connectivity index (χ1) is 4.30. The minimum atomic E-state index is -1.93. The van der Waals surface area contributed by atoms with Gasteiger partial charge in [-0.05, 0) is 23.9 Å². The smallest absolute Gasteiger partial charge is 0.772 e. The molecule has 3 nitrogen and oxygen atoms in total. The molecule has 0 spiro atoms. The van der Waals surface area contributed by atoms with Crippen LogP contribution in [0.25, 0.3) is 0 Å². The molecule has 0 amide bonds. The van der Waals surface area contributed by atoms with Gasteiger partial charge in [0.15, 0.2) is 0 Å². The average molecular weight is 172 g/mol. The van der Waals surface area contributed by atoms with Gasteiger partial charge in [-0.1, -0.05) is 0 Å². The van der Waals surface area contributed by atoms with Crippen molar-refractivity contribution in [3.8, 4) is 0 Å². The molecule has 1 saturated heterocycles. The SMILES string of the molecule is O=S([O-])C1CCCOC1.[Na+]. The fourth-order valence-corrected chi connectivity index (χ4v) is 1.43. The van der Waals surface area contributed by atoms with Crippen LogP contribution in [0.3, 0.4) is 0 Å². The molecule has 0 aromatic heterocycles. The first-order valence-electron chi connectivity index (χ1n) is 2.96. The summed E-state index contributed by atoms with van der Waals surface area (Å²) in [5.41, 5.74) is 0. The Morgan fingerprint density at radius 1 is 1.60 bits per heavy atom. The summed E-state index contributed by atoms with van der Waals surface area (Å²) in [6, 6.07) is 0. The van der Waals surface area contributed by atoms with E-state index < -0.39 is 11.1 Å². The molecule has 1 fully saturated rings. The third kappa shape index (κ3) is 3.46. The number of hydrogen-bond donors (Lipinski definition) is 0. The van der Waals surface area contributed by atoms with Gasteiger partial charge in [-0.3, -0.25) is 4.21 Å². The number of hydrogen-bond acceptors (Lipinski definition) is 3. The second kappa shape index (κ2) is 5.69. The molecule has 0 N–H and O–H groups in total. The zero-order valence-electron chi connectivity index (χ0n) is 6.04. The van der Waals surface area contributed by atoms with Crippen LogP contribution in [-0.4, -0.2) is 27.2 Å². The van der Waals surface area contributed by atoms with Gasteiger partial charge in [0, 0.05) is 11.9 Å². The molecule has 0 saturated carbocycles. The largest absolute Gasteiger partial charge is 1.00 e. The van der Waals surface area contributed by atoms with Crippen LogP contribution in [0.2, 0.25) is 0 Å². The van der Waals surface area contributed by atoms with E-state index in [-0.39, 0.29) is 34.8 Å². The van der Waals surface area contributed by atoms with Gasteiger partial charge in [0.1, 0.15) is 0 Å². The summed E-state index contributed by atoms with van der Waals surface area (Å²) in [5, 5.41) is -0.251. The molecule has 1 rings (SSSR count). The van der Waals surface area contributed by atoms with Gasteiger partial charge in [-0.25, -0.2) is 0 Å². The van der Waals surface area contributed by atoms with E-state index >= 15 is 0 Å². The molecule has 10 heavy (non-hydrogen) atoms. The van der Waals surface area contributed by atoms with E-state index in [0.717, 1.165) is 12.8 Å². The molecule has 0 radical (unpaired) electrons. The van der Waals surface area contributed by atoms with Crippen molar-refractivity contribution >= 4 is 11.1 Å². The van der Waals surface area contributed by atoms with Crippen molar-refractivity contribution in [3.63, 3.8) is 0 Å². The molecule has 1 aliphatic heterocycles. The predicted molar refractivity (Wildman–Crippen MR) is 32.8 cm³/mol. The van der Waals surface area contributed by atoms with Crippen LogP contribution in [0.4, 0.5) is 0 Å². The van der Waals surface area contributed by atoms with Gasteiger partial charge < -0.3 is 9.29 Å². The Balaban J connectivity index is 0.000000810. The summed E-state index contributed by atoms with van der Waals surface area (Å²) < 4.78 is 25.5. The van der Waals surface area contributed by atoms with Crippen molar-refractivity contribution in [3.05, 3.63) is 0 Å². The Labute approximate surface area is 85.1 Å². The van der Waals surface area contributed by atoms with Crippen molar-refractivity contribution in [2.75, 3.05) is 13.2 Å². The minimum absolute atomic E-state index is 0. The summed E-state index contributed by atoms with van der Waals surface area (Å²) in [5.74, 6) is 0. The van der Waals surface area contributed by atoms with Crippen molar-refractivity contribution in [1.82, 2.24) is 0 Å². The number of rotatable bonds is 1. The summed E-state index contributed by atoms with van der Waals surface area (Å²) in [4.78, 5) is 0. The Hall–Kier alpha value is 1.07. The molecule has 1 aliphatic rings. The Bertz CT molecular complexity index is 113. The fourth-order valence-electron chi connectivity index (χ4n) is 0.863. The summed E-state index contributed by atoms with van der Waals surface area (Å²) in [6.07, 6.45) is 1.63. The third-order valence-corrected chi connectivity index (χ3v) is 2.31. The standard InChI is InChI=1S/C5H10O3S.Na/c6-9(7)5-2-1-3-8-4-5;/h5H,1-4H2,(H,6,7);/q;+1/p-1. The molecular weight excluding hydrogens is 163 g/mol. The van der Waals surface area contributed by atoms with Gasteiger partial charge >= 0.3 is 29.6 Å². The Morgan fingerprint density at radius 2 is 2.30 bits per heavy atom. The van der Waals surface area contributed by atoms with E-state index in [1.807, 2.05) is 0 Å². The van der Waals surface area contributed by atoms with E-state index in [0.29, 0.717) is 13.2 Å². The normalized spacial score (nSPS) is 28.7. The van der Waals surface area contributed by atoms with Crippen LogP contribution in [0, 0.1) is 0 Å². The van der Waals surface area contributed by atoms with E-state index in [1.165, 1.54) is 0 Å². The van der Waals surface area contributed by atoms with Crippen LogP contribution in [-0.2, 0) is 15.8 Å². The monoisotopic (exact) mass is 172 g/mol. The molecule has 2 atom stereocenters. The second-order valence-electron chi connectivity index (χ2n) is 2.10. The minimum Gasteiger partial charge on any atom is -0.772 e. The molecule has 1 heterocycles. The van der Waals surface area contributed by atoms with Gasteiger partial charge in [-0.2, -0.15) is 0 Å². The zero-order chi connectivity index (χ0) is 6.69. The molecule has 0 aromatic carbocycles. The number of ether oxygens (including phenoxy) is 1. The molecule has 5 heteroatoms. The molecule has 0 bridgehead atoms. The van der Waals surface area contributed by atoms with Crippen LogP contribution in [0.15, 0.2) is 0 Å². The van der Waals surface area contributed by atoms with E-state index in [9.17, 15) is 8.76 Å². The van der Waals surface area contributed by atoms with Crippen LogP contribution < -0.4 is 29.6 Å². The zero-order valence-corrected chi connectivity index (χ0v) is 8.86. The van der Waals surface area contributed by atoms with Crippen molar-refractivity contribution in [1.29, 1.82) is 0 Å². The van der Waals surface area contributed by atoms with Gasteiger partial charge in [0.25, 0.3) is 0 Å². The van der Waals surface area contributed by atoms with E-state index in [2.05, 4.69) is 0 Å².